The lowest BCUT2D eigenvalue weighted by atomic mass is 9.96. The Kier molecular flexibility index (Phi) is 5.06. The van der Waals surface area contributed by atoms with Crippen LogP contribution in [0.4, 0.5) is 5.69 Å². The second-order valence-electron chi connectivity index (χ2n) is 6.39. The summed E-state index contributed by atoms with van der Waals surface area (Å²) in [4.78, 5) is 8.46. The van der Waals surface area contributed by atoms with Crippen molar-refractivity contribution < 1.29 is 9.84 Å². The molecule has 2 heterocycles. The van der Waals surface area contributed by atoms with E-state index in [4.69, 9.17) is 4.74 Å². The van der Waals surface area contributed by atoms with Crippen molar-refractivity contribution in [3.8, 4) is 11.5 Å². The molecule has 4 aromatic rings. The highest BCUT2D eigenvalue weighted by Gasteiger charge is 2.20. The number of phenols is 1. The van der Waals surface area contributed by atoms with Crippen molar-refractivity contribution in [2.75, 3.05) is 11.9 Å². The standard InChI is InChI=1S/C23H21N3O2/c1-2-28-19-8-6-18(7-9-19)26-21(17-11-14-24-15-12-17)20-10-5-16-4-3-13-25-22(16)23(20)27/h3-15,21,26-27H,2H2,1H3. The average Bonchev–Trinajstić information content (AvgIpc) is 2.75. The second kappa shape index (κ2) is 7.96. The first kappa shape index (κ1) is 17.8. The van der Waals surface area contributed by atoms with Crippen LogP contribution in [0.1, 0.15) is 24.1 Å². The minimum absolute atomic E-state index is 0.179. The number of aromatic hydroxyl groups is 1. The van der Waals surface area contributed by atoms with E-state index in [1.165, 1.54) is 0 Å². The fourth-order valence-electron chi connectivity index (χ4n) is 3.26. The van der Waals surface area contributed by atoms with Gasteiger partial charge in [-0.2, -0.15) is 0 Å². The number of aromatic nitrogens is 2. The summed E-state index contributed by atoms with van der Waals surface area (Å²) in [6, 6.07) is 19.1. The number of benzene rings is 2. The van der Waals surface area contributed by atoms with Gasteiger partial charge in [-0.3, -0.25) is 9.97 Å². The van der Waals surface area contributed by atoms with E-state index in [9.17, 15) is 5.11 Å². The highest BCUT2D eigenvalue weighted by Crippen LogP contribution is 2.36. The van der Waals surface area contributed by atoms with Crippen molar-refractivity contribution in [3.63, 3.8) is 0 Å². The van der Waals surface area contributed by atoms with Crippen LogP contribution in [0.5, 0.6) is 11.5 Å². The third-order valence-electron chi connectivity index (χ3n) is 4.61. The van der Waals surface area contributed by atoms with Crippen molar-refractivity contribution in [2.45, 2.75) is 13.0 Å². The molecule has 28 heavy (non-hydrogen) atoms. The van der Waals surface area contributed by atoms with Crippen LogP contribution in [-0.4, -0.2) is 21.7 Å². The fourth-order valence-corrected chi connectivity index (χ4v) is 3.26. The molecule has 5 nitrogen and oxygen atoms in total. The maximum atomic E-state index is 10.9. The van der Waals surface area contributed by atoms with Gasteiger partial charge in [-0.1, -0.05) is 18.2 Å². The molecule has 0 fully saturated rings. The van der Waals surface area contributed by atoms with E-state index in [0.29, 0.717) is 12.1 Å². The molecule has 140 valence electrons. The van der Waals surface area contributed by atoms with Crippen LogP contribution in [0.3, 0.4) is 0 Å². The van der Waals surface area contributed by atoms with Crippen molar-refractivity contribution in [1.82, 2.24) is 9.97 Å². The molecule has 1 atom stereocenters. The molecule has 0 bridgehead atoms. The van der Waals surface area contributed by atoms with Gasteiger partial charge in [0.25, 0.3) is 0 Å². The summed E-state index contributed by atoms with van der Waals surface area (Å²) in [6.07, 6.45) is 5.18. The number of hydrogen-bond donors (Lipinski definition) is 2. The number of nitrogens with one attached hydrogen (secondary N) is 1. The summed E-state index contributed by atoms with van der Waals surface area (Å²) >= 11 is 0. The van der Waals surface area contributed by atoms with Crippen molar-refractivity contribution in [1.29, 1.82) is 0 Å². The zero-order chi connectivity index (χ0) is 19.3. The lowest BCUT2D eigenvalue weighted by Gasteiger charge is -2.22. The molecular weight excluding hydrogens is 350 g/mol. The molecule has 0 saturated carbocycles. The molecule has 4 rings (SSSR count). The number of nitrogens with zero attached hydrogens (tertiary/aromatic N) is 2. The number of pyridine rings is 2. The van der Waals surface area contributed by atoms with Gasteiger partial charge in [0.05, 0.1) is 12.6 Å². The van der Waals surface area contributed by atoms with Crippen LogP contribution in [0.15, 0.2) is 79.3 Å². The normalized spacial score (nSPS) is 11.9. The van der Waals surface area contributed by atoms with Crippen LogP contribution in [0.25, 0.3) is 10.9 Å². The van der Waals surface area contributed by atoms with E-state index >= 15 is 0 Å². The molecule has 0 aliphatic heterocycles. The summed E-state index contributed by atoms with van der Waals surface area (Å²) in [6.45, 7) is 2.59. The third-order valence-corrected chi connectivity index (χ3v) is 4.61. The summed E-state index contributed by atoms with van der Waals surface area (Å²) in [5, 5.41) is 15.4. The smallest absolute Gasteiger partial charge is 0.147 e. The Morgan fingerprint density at radius 1 is 0.964 bits per heavy atom. The monoisotopic (exact) mass is 371 g/mol. The van der Waals surface area contributed by atoms with Crippen LogP contribution < -0.4 is 10.1 Å². The van der Waals surface area contributed by atoms with Gasteiger partial charge < -0.3 is 15.2 Å². The largest absolute Gasteiger partial charge is 0.505 e. The molecule has 5 heteroatoms. The first-order valence-electron chi connectivity index (χ1n) is 9.22. The lowest BCUT2D eigenvalue weighted by Crippen LogP contribution is -2.13. The molecule has 0 saturated heterocycles. The zero-order valence-corrected chi connectivity index (χ0v) is 15.5. The molecule has 0 aliphatic rings. The first-order valence-corrected chi connectivity index (χ1v) is 9.22. The number of hydrogen-bond acceptors (Lipinski definition) is 5. The SMILES string of the molecule is CCOc1ccc(NC(c2ccncc2)c2ccc3cccnc3c2O)cc1. The maximum absolute atomic E-state index is 10.9. The van der Waals surface area contributed by atoms with Gasteiger partial charge in [-0.05, 0) is 55.0 Å². The Hall–Kier alpha value is -3.60. The van der Waals surface area contributed by atoms with Crippen LogP contribution in [-0.2, 0) is 0 Å². The van der Waals surface area contributed by atoms with Gasteiger partial charge in [0.15, 0.2) is 0 Å². The van der Waals surface area contributed by atoms with Gasteiger partial charge in [-0.15, -0.1) is 0 Å². The van der Waals surface area contributed by atoms with E-state index in [2.05, 4.69) is 15.3 Å². The van der Waals surface area contributed by atoms with Crippen LogP contribution in [0, 0.1) is 0 Å². The Labute approximate surface area is 163 Å². The highest BCUT2D eigenvalue weighted by molar-refractivity contribution is 5.86. The molecule has 2 aromatic heterocycles. The number of fused-ring (bicyclic) bond motifs is 1. The van der Waals surface area contributed by atoms with Gasteiger partial charge >= 0.3 is 0 Å². The van der Waals surface area contributed by atoms with Crippen LogP contribution in [0.2, 0.25) is 0 Å². The molecule has 0 aliphatic carbocycles. The number of anilines is 1. The Morgan fingerprint density at radius 3 is 2.50 bits per heavy atom. The lowest BCUT2D eigenvalue weighted by molar-refractivity contribution is 0.340. The molecule has 1 unspecified atom stereocenters. The van der Waals surface area contributed by atoms with Gasteiger partial charge in [0.1, 0.15) is 17.0 Å². The first-order chi connectivity index (χ1) is 13.8. The van der Waals surface area contributed by atoms with Crippen LogP contribution >= 0.6 is 0 Å². The summed E-state index contributed by atoms with van der Waals surface area (Å²) in [5.41, 5.74) is 3.26. The Morgan fingerprint density at radius 2 is 1.75 bits per heavy atom. The third kappa shape index (κ3) is 3.60. The molecule has 0 radical (unpaired) electrons. The predicted octanol–water partition coefficient (Wildman–Crippen LogP) is 4.94. The number of phenolic OH excluding ortho intramolecular Hbond substituents is 1. The van der Waals surface area contributed by atoms with Crippen molar-refractivity contribution in [2.24, 2.45) is 0 Å². The summed E-state index contributed by atoms with van der Waals surface area (Å²) in [5.74, 6) is 1.00. The quantitative estimate of drug-likeness (QED) is 0.503. The van der Waals surface area contributed by atoms with E-state index in [1.54, 1.807) is 18.6 Å². The maximum Gasteiger partial charge on any atom is 0.147 e. The second-order valence-corrected chi connectivity index (χ2v) is 6.39. The minimum atomic E-state index is -0.257. The van der Waals surface area contributed by atoms with E-state index in [-0.39, 0.29) is 11.8 Å². The molecule has 2 N–H and O–H groups in total. The topological polar surface area (TPSA) is 67.3 Å². The highest BCUT2D eigenvalue weighted by atomic mass is 16.5. The van der Waals surface area contributed by atoms with Gasteiger partial charge in [0.2, 0.25) is 0 Å². The molecule has 0 spiro atoms. The summed E-state index contributed by atoms with van der Waals surface area (Å²) < 4.78 is 5.52. The Bertz CT molecular complexity index is 1070. The predicted molar refractivity (Wildman–Crippen MR) is 111 cm³/mol. The van der Waals surface area contributed by atoms with Gasteiger partial charge in [0, 0.05) is 35.2 Å². The van der Waals surface area contributed by atoms with Gasteiger partial charge in [-0.25, -0.2) is 0 Å². The Balaban J connectivity index is 1.75. The molecular formula is C23H21N3O2. The molecule has 0 amide bonds. The van der Waals surface area contributed by atoms with Crippen molar-refractivity contribution in [3.05, 3.63) is 90.4 Å². The zero-order valence-electron chi connectivity index (χ0n) is 15.5. The number of rotatable bonds is 6. The summed E-state index contributed by atoms with van der Waals surface area (Å²) in [7, 11) is 0. The van der Waals surface area contributed by atoms with E-state index in [1.807, 2.05) is 67.6 Å². The average molecular weight is 371 g/mol. The fraction of sp³-hybridized carbons (Fsp3) is 0.130. The molecule has 2 aromatic carbocycles. The van der Waals surface area contributed by atoms with E-state index in [0.717, 1.165) is 28.0 Å². The minimum Gasteiger partial charge on any atom is -0.505 e. The van der Waals surface area contributed by atoms with Crippen molar-refractivity contribution >= 4 is 16.6 Å². The van der Waals surface area contributed by atoms with E-state index < -0.39 is 0 Å². The number of ether oxygens (including phenoxy) is 1.